The smallest absolute Gasteiger partial charge is 0.426 e. The highest BCUT2D eigenvalue weighted by molar-refractivity contribution is 8.76. The number of hydrazine groups is 1. The molecule has 1 aliphatic heterocycles. The molecule has 1 fully saturated rings. The van der Waals surface area contributed by atoms with Crippen molar-refractivity contribution in [1.82, 2.24) is 68.2 Å². The van der Waals surface area contributed by atoms with Crippen molar-refractivity contribution < 1.29 is 117 Å². The fourth-order valence-corrected chi connectivity index (χ4v) is 14.8. The first-order valence-electron chi connectivity index (χ1n) is 37.6. The Bertz CT molecular complexity index is 3770. The van der Waals surface area contributed by atoms with Gasteiger partial charge in [-0.15, -0.1) is 11.3 Å². The SMILES string of the molecule is CCCC(=O)OCN(C(=O)[C@@H](NC(=O)[C@H]1CCCCN1C)C(C)CC)[C@H](C[C@@H](O)c1nc(C(=O)N[C@H](CCC(=O)NNC(=O)OCCSSC[C@H](NC(=O)[C@H](Cc2ccccc2)NC(=O)[C@H](CC(=O)O)NC(=O)CC[C@@H](C)NC(=O)CC[C@H](NC(=S)N[C@@H](CCC(=O)O)C(=O)O)C(=O)O)C(=O)O)Cc2ccc(O)cc2)cs1)C(C)C. The van der Waals surface area contributed by atoms with E-state index in [0.717, 1.165) is 52.3 Å². The molecule has 0 radical (unpaired) electrons. The van der Waals surface area contributed by atoms with E-state index in [1.807, 2.05) is 46.6 Å². The third-order valence-corrected chi connectivity index (χ3v) is 22.0. The summed E-state index contributed by atoms with van der Waals surface area (Å²) in [7, 11) is 3.88. The summed E-state index contributed by atoms with van der Waals surface area (Å²) >= 11 is 6.01. The second-order valence-corrected chi connectivity index (χ2v) is 31.9. The highest BCUT2D eigenvalue weighted by Gasteiger charge is 2.40. The maximum absolute atomic E-state index is 14.8. The average Bonchev–Trinajstić information content (AvgIpc) is 1.70. The number of likely N-dealkylation sites (tertiary alicyclic amines) is 1. The van der Waals surface area contributed by atoms with Gasteiger partial charge < -0.3 is 92.7 Å². The Morgan fingerprint density at radius 1 is 0.643 bits per heavy atom. The number of aromatic hydroxyl groups is 1. The van der Waals surface area contributed by atoms with Crippen LogP contribution < -0.4 is 53.4 Å². The molecule has 41 heteroatoms. The predicted octanol–water partition coefficient (Wildman–Crippen LogP) is 3.26. The highest BCUT2D eigenvalue weighted by Crippen LogP contribution is 2.30. The number of phenols is 1. The average molecular weight is 1690 g/mol. The number of amides is 9. The van der Waals surface area contributed by atoms with Gasteiger partial charge in [-0.2, -0.15) is 0 Å². The van der Waals surface area contributed by atoms with E-state index in [2.05, 4.69) is 58.4 Å². The summed E-state index contributed by atoms with van der Waals surface area (Å²) in [6.45, 7) is 10.8. The van der Waals surface area contributed by atoms with Crippen molar-refractivity contribution in [1.29, 1.82) is 0 Å². The fraction of sp³-hybridized carbons (Fsp3) is 0.581. The van der Waals surface area contributed by atoms with Crippen molar-refractivity contribution in [2.75, 3.05) is 38.4 Å². The lowest BCUT2D eigenvalue weighted by Crippen LogP contribution is -2.59. The van der Waals surface area contributed by atoms with Crippen LogP contribution in [-0.4, -0.2) is 244 Å². The van der Waals surface area contributed by atoms with Crippen molar-refractivity contribution in [3.05, 3.63) is 81.8 Å². The molecule has 0 bridgehead atoms. The van der Waals surface area contributed by atoms with Crippen LogP contribution in [0.25, 0.3) is 0 Å². The van der Waals surface area contributed by atoms with Gasteiger partial charge in [0, 0.05) is 80.0 Å². The van der Waals surface area contributed by atoms with Crippen molar-refractivity contribution in [3.8, 4) is 5.75 Å². The Morgan fingerprint density at radius 2 is 1.25 bits per heavy atom. The minimum Gasteiger partial charge on any atom is -0.508 e. The molecule has 9 amide bonds. The number of aliphatic hydroxyl groups excluding tert-OH is 1. The van der Waals surface area contributed by atoms with E-state index in [1.54, 1.807) is 42.5 Å². The number of carbonyl (C=O) groups excluding carboxylic acids is 10. The molecule has 2 aromatic carbocycles. The Morgan fingerprint density at radius 3 is 1.86 bits per heavy atom. The molecule has 4 rings (SSSR count). The molecular formula is C74H107N13O24S4. The molecule has 1 aromatic heterocycles. The molecule has 636 valence electrons. The molecule has 0 saturated carbocycles. The van der Waals surface area contributed by atoms with Crippen LogP contribution in [0.4, 0.5) is 4.79 Å². The number of thiocarbonyl (C=S) groups is 1. The number of aliphatic hydroxyl groups is 1. The molecule has 0 aliphatic carbocycles. The first-order valence-corrected chi connectivity index (χ1v) is 41.3. The maximum Gasteiger partial charge on any atom is 0.426 e. The van der Waals surface area contributed by atoms with Crippen LogP contribution in [0, 0.1) is 11.8 Å². The number of carboxylic acids is 5. The van der Waals surface area contributed by atoms with Gasteiger partial charge in [-0.05, 0) is 119 Å². The van der Waals surface area contributed by atoms with Crippen molar-refractivity contribution in [2.45, 2.75) is 224 Å². The summed E-state index contributed by atoms with van der Waals surface area (Å²) in [5.74, 6) is -14.3. The molecule has 17 N–H and O–H groups in total. The molecule has 12 atom stereocenters. The first-order chi connectivity index (χ1) is 54.5. The largest absolute Gasteiger partial charge is 0.508 e. The number of carboxylic acid groups (broad SMARTS) is 5. The van der Waals surface area contributed by atoms with Gasteiger partial charge >= 0.3 is 41.9 Å². The van der Waals surface area contributed by atoms with Gasteiger partial charge in [0.15, 0.2) is 11.8 Å². The highest BCUT2D eigenvalue weighted by atomic mass is 33.1. The second-order valence-electron chi connectivity index (χ2n) is 27.9. The van der Waals surface area contributed by atoms with Gasteiger partial charge in [0.25, 0.3) is 5.91 Å². The quantitative estimate of drug-likeness (QED) is 0.00963. The van der Waals surface area contributed by atoms with E-state index >= 15 is 0 Å². The van der Waals surface area contributed by atoms with Gasteiger partial charge in [0.05, 0.1) is 12.5 Å². The number of rotatable bonds is 51. The number of ether oxygens (including phenoxy) is 2. The summed E-state index contributed by atoms with van der Waals surface area (Å²) in [5.41, 5.74) is 5.47. The Hall–Kier alpha value is -9.97. The summed E-state index contributed by atoms with van der Waals surface area (Å²) < 4.78 is 10.8. The lowest BCUT2D eigenvalue weighted by atomic mass is 9.92. The zero-order valence-electron chi connectivity index (χ0n) is 65.1. The fourth-order valence-electron chi connectivity index (χ4n) is 11.8. The van der Waals surface area contributed by atoms with Gasteiger partial charge in [-0.1, -0.05) is 112 Å². The Kier molecular flexibility index (Phi) is 43.3. The molecular weight excluding hydrogens is 1580 g/mol. The van der Waals surface area contributed by atoms with Crippen molar-refractivity contribution in [3.63, 3.8) is 0 Å². The van der Waals surface area contributed by atoms with Crippen LogP contribution in [0.5, 0.6) is 5.75 Å². The Labute approximate surface area is 682 Å². The van der Waals surface area contributed by atoms with Crippen LogP contribution >= 0.6 is 45.1 Å². The van der Waals surface area contributed by atoms with Gasteiger partial charge in [-0.25, -0.2) is 29.6 Å². The number of piperidine rings is 1. The molecule has 3 aromatic rings. The lowest BCUT2D eigenvalue weighted by molar-refractivity contribution is -0.159. The molecule has 1 unspecified atom stereocenters. The van der Waals surface area contributed by atoms with E-state index in [4.69, 9.17) is 26.8 Å². The lowest BCUT2D eigenvalue weighted by Gasteiger charge is -2.39. The van der Waals surface area contributed by atoms with Crippen molar-refractivity contribution >= 4 is 139 Å². The van der Waals surface area contributed by atoms with Gasteiger partial charge in [-0.3, -0.25) is 63.1 Å². The normalized spacial score (nSPS) is 15.5. The van der Waals surface area contributed by atoms with E-state index in [9.17, 15) is 103 Å². The number of hydrogen-bond donors (Lipinski definition) is 17. The summed E-state index contributed by atoms with van der Waals surface area (Å²) in [6.07, 6.45) is -2.30. The number of benzene rings is 2. The second kappa shape index (κ2) is 51.1. The van der Waals surface area contributed by atoms with Crippen LogP contribution in [0.1, 0.15) is 177 Å². The number of nitrogens with zero attached hydrogens (tertiary/aromatic N) is 3. The van der Waals surface area contributed by atoms with E-state index < -0.39 is 181 Å². The summed E-state index contributed by atoms with van der Waals surface area (Å²) in [5, 5.41) is 91.2. The van der Waals surface area contributed by atoms with Crippen LogP contribution in [0.3, 0.4) is 0 Å². The molecule has 0 spiro atoms. The van der Waals surface area contributed by atoms with Gasteiger partial charge in [0.2, 0.25) is 41.4 Å². The van der Waals surface area contributed by atoms with E-state index in [0.29, 0.717) is 30.4 Å². The van der Waals surface area contributed by atoms with Crippen LogP contribution in [-0.2, 0) is 84.6 Å². The zero-order valence-corrected chi connectivity index (χ0v) is 68.4. The maximum atomic E-state index is 14.8. The van der Waals surface area contributed by atoms with Crippen LogP contribution in [0.2, 0.25) is 0 Å². The topological polar surface area (TPSA) is 556 Å². The van der Waals surface area contributed by atoms with Crippen LogP contribution in [0.15, 0.2) is 60.0 Å². The molecule has 1 saturated heterocycles. The van der Waals surface area contributed by atoms with E-state index in [1.165, 1.54) is 29.3 Å². The number of esters is 1. The van der Waals surface area contributed by atoms with Gasteiger partial charge in [0.1, 0.15) is 65.4 Å². The number of aromatic nitrogens is 1. The molecule has 115 heavy (non-hydrogen) atoms. The number of hydrogen-bond acceptors (Lipinski definition) is 25. The number of carbonyl (C=O) groups is 15. The van der Waals surface area contributed by atoms with E-state index in [-0.39, 0.29) is 117 Å². The minimum absolute atomic E-state index is 0.00923. The zero-order chi connectivity index (χ0) is 85.4. The standard InChI is InChI=1S/C74H107N13O24S4/c1-8-15-62(97)111-40-87(69(102)63(42(5)9-2)83-67(101)54-18-13-14-31-86(54)7)55(41(3)4)37-56(89)68-80-52(38-113-68)66(100)76-46(34-45-20-23-47(88)24-21-45)22-28-59(92)84-85-74(109)110-32-33-114-115-39-53(72(107)108)79-64(98)50(35-44-16-11-10-12-17-44)78-65(99)51(36-61(95)96)77-58(91)27-19-43(6)75-57(90)29-25-48(70(103)104)81-73(112)82-49(71(105)106)26-30-60(93)94/h10-12,16-17,20-21,23-24,38,41-43,46,48-51,53-56,63,88-89H,8-9,13-15,18-19,22,25-37,39-40H2,1-7H3,(H,75,90)(H,76,100)(H,77,91)(H,78,99)(H,79,98)(H,83,101)(H,84,92)(H,85,109)(H,93,94)(H,95,96)(H,103,104)(H,105,106)(H,107,108)(H2,81,82,112)/t42?,43-,46-,48+,49+,50+,51+,53+,54-,55-,56-,63+/m1/s1. The Balaban J connectivity index is 1.30. The number of phenolic OH excluding ortho intramolecular Hbond substituents is 1. The third kappa shape index (κ3) is 36.6. The molecule has 2 heterocycles. The minimum atomic E-state index is -1.77. The summed E-state index contributed by atoms with van der Waals surface area (Å²) in [6, 6.07) is 2.83. The number of aliphatic carboxylic acids is 5. The summed E-state index contributed by atoms with van der Waals surface area (Å²) in [4.78, 5) is 202. The monoisotopic (exact) mass is 1690 g/mol. The number of nitrogens with one attached hydrogen (secondary N) is 10. The molecule has 37 nitrogen and oxygen atoms in total. The van der Waals surface area contributed by atoms with Crippen molar-refractivity contribution in [2.24, 2.45) is 11.8 Å². The third-order valence-electron chi connectivity index (χ3n) is 18.4. The number of thiazole rings is 1. The first kappa shape index (κ1) is 97.4. The predicted molar refractivity (Wildman–Crippen MR) is 425 cm³/mol. The molecule has 1 aliphatic rings. The number of likely N-dealkylation sites (N-methyl/N-ethyl adjacent to an activating group) is 1.